The fourth-order valence-electron chi connectivity index (χ4n) is 3.84. The van der Waals surface area contributed by atoms with E-state index < -0.39 is 10.0 Å². The Balaban J connectivity index is 1.27. The zero-order chi connectivity index (χ0) is 23.0. The first kappa shape index (κ1) is 21.5. The molecule has 0 bridgehead atoms. The molecule has 0 atom stereocenters. The van der Waals surface area contributed by atoms with Gasteiger partial charge in [0.2, 0.25) is 10.0 Å². The average molecular weight is 483 g/mol. The Morgan fingerprint density at radius 2 is 1.58 bits per heavy atom. The maximum atomic E-state index is 13.2. The number of aromatic nitrogens is 4. The van der Waals surface area contributed by atoms with Crippen LogP contribution in [-0.4, -0.2) is 69.9 Å². The maximum Gasteiger partial charge on any atom is 0.253 e. The van der Waals surface area contributed by atoms with Gasteiger partial charge in [0.1, 0.15) is 0 Å². The summed E-state index contributed by atoms with van der Waals surface area (Å²) in [5, 5.41) is 13.7. The number of tetrazole rings is 1. The number of hydrogen-bond acceptors (Lipinski definition) is 6. The van der Waals surface area contributed by atoms with Gasteiger partial charge in [0.25, 0.3) is 5.91 Å². The van der Waals surface area contributed by atoms with Gasteiger partial charge in [0.05, 0.1) is 10.6 Å². The number of sulfonamides is 1. The Kier molecular flexibility index (Phi) is 5.57. The van der Waals surface area contributed by atoms with E-state index in [2.05, 4.69) is 15.4 Å². The van der Waals surface area contributed by atoms with Crippen molar-refractivity contribution in [1.82, 2.24) is 29.4 Å². The molecule has 0 spiro atoms. The van der Waals surface area contributed by atoms with E-state index in [4.69, 9.17) is 11.6 Å². The number of fused-ring (bicyclic) bond motifs is 1. The Bertz CT molecular complexity index is 1420. The summed E-state index contributed by atoms with van der Waals surface area (Å²) < 4.78 is 27.8. The second-order valence-corrected chi connectivity index (χ2v) is 10.00. The van der Waals surface area contributed by atoms with E-state index in [-0.39, 0.29) is 23.9 Å². The second-order valence-electron chi connectivity index (χ2n) is 7.62. The molecule has 33 heavy (non-hydrogen) atoms. The minimum Gasteiger partial charge on any atom is -0.336 e. The molecule has 0 radical (unpaired) electrons. The van der Waals surface area contributed by atoms with Crippen LogP contribution in [0.1, 0.15) is 10.4 Å². The third-order valence-corrected chi connectivity index (χ3v) is 7.76. The summed E-state index contributed by atoms with van der Waals surface area (Å²) >= 11 is 6.02. The highest BCUT2D eigenvalue weighted by Gasteiger charge is 2.30. The summed E-state index contributed by atoms with van der Waals surface area (Å²) in [6, 6.07) is 17.2. The van der Waals surface area contributed by atoms with Crippen LogP contribution in [0.4, 0.5) is 0 Å². The van der Waals surface area contributed by atoms with Crippen molar-refractivity contribution in [3.05, 3.63) is 77.6 Å². The van der Waals surface area contributed by atoms with Crippen molar-refractivity contribution in [3.63, 3.8) is 0 Å². The van der Waals surface area contributed by atoms with Crippen molar-refractivity contribution >= 4 is 38.3 Å². The van der Waals surface area contributed by atoms with E-state index >= 15 is 0 Å². The first-order chi connectivity index (χ1) is 15.9. The minimum atomic E-state index is -3.67. The van der Waals surface area contributed by atoms with Crippen LogP contribution in [0.25, 0.3) is 16.5 Å². The molecule has 4 aromatic rings. The van der Waals surface area contributed by atoms with Gasteiger partial charge in [-0.3, -0.25) is 4.79 Å². The van der Waals surface area contributed by atoms with Crippen molar-refractivity contribution in [2.24, 2.45) is 0 Å². The van der Waals surface area contributed by atoms with E-state index in [0.717, 1.165) is 10.8 Å². The highest BCUT2D eigenvalue weighted by atomic mass is 35.5. The third-order valence-electron chi connectivity index (χ3n) is 5.63. The molecule has 0 saturated carbocycles. The molecule has 1 saturated heterocycles. The molecule has 1 amide bonds. The number of rotatable bonds is 4. The molecule has 2 heterocycles. The second kappa shape index (κ2) is 8.54. The Hall–Kier alpha value is -3.34. The normalized spacial score (nSPS) is 15.1. The summed E-state index contributed by atoms with van der Waals surface area (Å²) in [6.45, 7) is 1.09. The fourth-order valence-corrected chi connectivity index (χ4v) is 5.48. The van der Waals surface area contributed by atoms with Gasteiger partial charge in [-0.1, -0.05) is 23.7 Å². The van der Waals surface area contributed by atoms with Gasteiger partial charge >= 0.3 is 0 Å². The van der Waals surface area contributed by atoms with Crippen LogP contribution in [0.2, 0.25) is 5.02 Å². The number of halogens is 1. The largest absolute Gasteiger partial charge is 0.336 e. The van der Waals surface area contributed by atoms with Crippen LogP contribution in [0.3, 0.4) is 0 Å². The molecule has 0 aliphatic carbocycles. The summed E-state index contributed by atoms with van der Waals surface area (Å²) in [5.41, 5.74) is 1.21. The van der Waals surface area contributed by atoms with Crippen molar-refractivity contribution in [2.45, 2.75) is 4.90 Å². The highest BCUT2D eigenvalue weighted by Crippen LogP contribution is 2.25. The van der Waals surface area contributed by atoms with Gasteiger partial charge in [0.15, 0.2) is 6.33 Å². The van der Waals surface area contributed by atoms with E-state index in [1.165, 1.54) is 15.4 Å². The molecule has 1 aliphatic heterocycles. The Labute approximate surface area is 195 Å². The van der Waals surface area contributed by atoms with Crippen LogP contribution in [0.5, 0.6) is 0 Å². The van der Waals surface area contributed by atoms with Crippen LogP contribution in [0, 0.1) is 0 Å². The molecule has 1 aliphatic rings. The SMILES string of the molecule is O=C(c1ccc(-n2ncnn2)cc1)N1CCN(S(=O)(=O)c2ccc3cc(Cl)ccc3c2)CC1. The molecule has 3 aromatic carbocycles. The average Bonchev–Trinajstić information content (AvgIpc) is 3.38. The fraction of sp³-hybridized carbons (Fsp3) is 0.182. The molecular formula is C22H19ClN6O3S. The van der Waals surface area contributed by atoms with E-state index in [1.807, 2.05) is 0 Å². The standard InChI is InChI=1S/C22H19ClN6O3S/c23-19-5-1-18-14-21(8-4-17(18)13-19)33(31,32)28-11-9-27(10-12-28)22(30)16-2-6-20(7-3-16)29-25-15-24-26-29/h1-8,13-15H,9-12H2. The number of nitrogens with zero attached hydrogens (tertiary/aromatic N) is 6. The summed E-state index contributed by atoms with van der Waals surface area (Å²) in [4.78, 5) is 16.1. The predicted octanol–water partition coefficient (Wildman–Crippen LogP) is 2.62. The molecule has 5 rings (SSSR count). The molecule has 9 nitrogen and oxygen atoms in total. The Morgan fingerprint density at radius 3 is 2.27 bits per heavy atom. The molecule has 0 unspecified atom stereocenters. The third kappa shape index (κ3) is 4.20. The molecule has 168 valence electrons. The van der Waals surface area contributed by atoms with Crippen LogP contribution < -0.4 is 0 Å². The molecule has 1 fully saturated rings. The molecule has 1 aromatic heterocycles. The van der Waals surface area contributed by atoms with E-state index in [1.54, 1.807) is 65.6 Å². The lowest BCUT2D eigenvalue weighted by atomic mass is 10.1. The van der Waals surface area contributed by atoms with Crippen molar-refractivity contribution in [1.29, 1.82) is 0 Å². The number of piperazine rings is 1. The quantitative estimate of drug-likeness (QED) is 0.443. The van der Waals surface area contributed by atoms with E-state index in [9.17, 15) is 13.2 Å². The van der Waals surface area contributed by atoms with Crippen LogP contribution in [-0.2, 0) is 10.0 Å². The Morgan fingerprint density at radius 1 is 0.879 bits per heavy atom. The van der Waals surface area contributed by atoms with Crippen LogP contribution >= 0.6 is 11.6 Å². The lowest BCUT2D eigenvalue weighted by Crippen LogP contribution is -2.50. The molecular weight excluding hydrogens is 464 g/mol. The van der Waals surface area contributed by atoms with Gasteiger partial charge in [-0.25, -0.2) is 8.42 Å². The van der Waals surface area contributed by atoms with Gasteiger partial charge in [-0.15, -0.1) is 15.0 Å². The van der Waals surface area contributed by atoms with Gasteiger partial charge < -0.3 is 4.90 Å². The minimum absolute atomic E-state index is 0.146. The lowest BCUT2D eigenvalue weighted by Gasteiger charge is -2.34. The zero-order valence-corrected chi connectivity index (χ0v) is 18.9. The van der Waals surface area contributed by atoms with Gasteiger partial charge in [-0.2, -0.15) is 4.31 Å². The van der Waals surface area contributed by atoms with Crippen molar-refractivity contribution in [2.75, 3.05) is 26.2 Å². The summed E-state index contributed by atoms with van der Waals surface area (Å²) in [6.07, 6.45) is 1.33. The number of carbonyl (C=O) groups is 1. The zero-order valence-electron chi connectivity index (χ0n) is 17.4. The van der Waals surface area contributed by atoms with Gasteiger partial charge in [0, 0.05) is 36.8 Å². The number of carbonyl (C=O) groups excluding carboxylic acids is 1. The van der Waals surface area contributed by atoms with Crippen LogP contribution in [0.15, 0.2) is 71.9 Å². The predicted molar refractivity (Wildman–Crippen MR) is 123 cm³/mol. The smallest absolute Gasteiger partial charge is 0.253 e. The highest BCUT2D eigenvalue weighted by molar-refractivity contribution is 7.89. The van der Waals surface area contributed by atoms with Gasteiger partial charge in [-0.05, 0) is 64.5 Å². The number of amides is 1. The maximum absolute atomic E-state index is 13.2. The topological polar surface area (TPSA) is 101 Å². The van der Waals surface area contributed by atoms with Crippen molar-refractivity contribution < 1.29 is 13.2 Å². The first-order valence-electron chi connectivity index (χ1n) is 10.2. The lowest BCUT2D eigenvalue weighted by molar-refractivity contribution is 0.0698. The van der Waals surface area contributed by atoms with E-state index in [0.29, 0.717) is 29.4 Å². The number of hydrogen-bond donors (Lipinski definition) is 0. The first-order valence-corrected chi connectivity index (χ1v) is 12.1. The molecule has 0 N–H and O–H groups in total. The monoisotopic (exact) mass is 482 g/mol. The van der Waals surface area contributed by atoms with Crippen molar-refractivity contribution in [3.8, 4) is 5.69 Å². The number of benzene rings is 3. The summed E-state index contributed by atoms with van der Waals surface area (Å²) in [7, 11) is -3.67. The molecule has 11 heteroatoms. The summed E-state index contributed by atoms with van der Waals surface area (Å²) in [5.74, 6) is -0.146.